The van der Waals surface area contributed by atoms with E-state index in [9.17, 15) is 4.79 Å². The summed E-state index contributed by atoms with van der Waals surface area (Å²) >= 11 is 0. The number of likely N-dealkylation sites (tertiary alicyclic amines) is 1. The number of benzene rings is 3. The van der Waals surface area contributed by atoms with Gasteiger partial charge in [-0.3, -0.25) is 9.69 Å². The average molecular weight is 413 g/mol. The molecule has 2 atom stereocenters. The van der Waals surface area contributed by atoms with Crippen LogP contribution < -0.4 is 5.32 Å². The number of amides is 1. The predicted molar refractivity (Wildman–Crippen MR) is 127 cm³/mol. The van der Waals surface area contributed by atoms with Gasteiger partial charge in [-0.1, -0.05) is 79.2 Å². The Hall–Kier alpha value is -2.91. The van der Waals surface area contributed by atoms with Crippen LogP contribution in [0.4, 0.5) is 0 Å². The smallest absolute Gasteiger partial charge is 0.252 e. The molecule has 3 aromatic carbocycles. The maximum absolute atomic E-state index is 13.1. The predicted octanol–water partition coefficient (Wildman–Crippen LogP) is 5.75. The molecule has 3 aromatic rings. The molecule has 1 fully saturated rings. The van der Waals surface area contributed by atoms with Gasteiger partial charge in [0.15, 0.2) is 0 Å². The van der Waals surface area contributed by atoms with Crippen molar-refractivity contribution >= 4 is 5.91 Å². The molecule has 0 saturated carbocycles. The van der Waals surface area contributed by atoms with E-state index >= 15 is 0 Å². The van der Waals surface area contributed by atoms with Crippen LogP contribution in [0.1, 0.15) is 58.4 Å². The lowest BCUT2D eigenvalue weighted by atomic mass is 9.97. The molecular formula is C28H32N2O. The van der Waals surface area contributed by atoms with Crippen LogP contribution in [0, 0.1) is 12.8 Å². The SMILES string of the molecule is Cc1ccc([C@@H](NC(=O)c2ccc(CN3CCC[C@H](C)C3)cc2)c2ccccc2)cc1. The molecule has 0 spiro atoms. The van der Waals surface area contributed by atoms with Gasteiger partial charge < -0.3 is 5.32 Å². The summed E-state index contributed by atoms with van der Waals surface area (Å²) in [4.78, 5) is 15.6. The Morgan fingerprint density at radius 3 is 2.32 bits per heavy atom. The van der Waals surface area contributed by atoms with Gasteiger partial charge in [-0.15, -0.1) is 0 Å². The van der Waals surface area contributed by atoms with Crippen molar-refractivity contribution in [3.8, 4) is 0 Å². The first-order valence-corrected chi connectivity index (χ1v) is 11.3. The van der Waals surface area contributed by atoms with E-state index < -0.39 is 0 Å². The van der Waals surface area contributed by atoms with Crippen LogP contribution in [0.5, 0.6) is 0 Å². The lowest BCUT2D eigenvalue weighted by molar-refractivity contribution is 0.0943. The molecule has 3 nitrogen and oxygen atoms in total. The molecule has 1 saturated heterocycles. The zero-order valence-corrected chi connectivity index (χ0v) is 18.6. The van der Waals surface area contributed by atoms with Crippen LogP contribution >= 0.6 is 0 Å². The zero-order chi connectivity index (χ0) is 21.6. The Balaban J connectivity index is 1.47. The van der Waals surface area contributed by atoms with Crippen molar-refractivity contribution in [2.75, 3.05) is 13.1 Å². The van der Waals surface area contributed by atoms with E-state index in [0.717, 1.165) is 30.1 Å². The van der Waals surface area contributed by atoms with Crippen molar-refractivity contribution in [3.63, 3.8) is 0 Å². The number of hydrogen-bond acceptors (Lipinski definition) is 2. The van der Waals surface area contributed by atoms with E-state index in [0.29, 0.717) is 5.56 Å². The molecule has 0 radical (unpaired) electrons. The molecule has 1 aliphatic rings. The largest absolute Gasteiger partial charge is 0.341 e. The van der Waals surface area contributed by atoms with Gasteiger partial charge in [0.25, 0.3) is 5.91 Å². The second kappa shape index (κ2) is 9.93. The van der Waals surface area contributed by atoms with Gasteiger partial charge >= 0.3 is 0 Å². The highest BCUT2D eigenvalue weighted by molar-refractivity contribution is 5.94. The number of nitrogens with one attached hydrogen (secondary N) is 1. The van der Waals surface area contributed by atoms with Crippen LogP contribution in [0.2, 0.25) is 0 Å². The number of aryl methyl sites for hydroxylation is 1. The molecule has 3 heteroatoms. The summed E-state index contributed by atoms with van der Waals surface area (Å²) in [7, 11) is 0. The second-order valence-corrected chi connectivity index (χ2v) is 8.91. The lowest BCUT2D eigenvalue weighted by Crippen LogP contribution is -2.33. The van der Waals surface area contributed by atoms with Crippen molar-refractivity contribution in [1.82, 2.24) is 10.2 Å². The summed E-state index contributed by atoms with van der Waals surface area (Å²) < 4.78 is 0. The molecule has 1 heterocycles. The third kappa shape index (κ3) is 5.62. The van der Waals surface area contributed by atoms with E-state index in [4.69, 9.17) is 0 Å². The Bertz CT molecular complexity index is 980. The first kappa shape index (κ1) is 21.3. The maximum Gasteiger partial charge on any atom is 0.252 e. The maximum atomic E-state index is 13.1. The summed E-state index contributed by atoms with van der Waals surface area (Å²) in [5.74, 6) is 0.725. The van der Waals surface area contributed by atoms with E-state index in [1.165, 1.54) is 30.5 Å². The van der Waals surface area contributed by atoms with E-state index in [-0.39, 0.29) is 11.9 Å². The fourth-order valence-corrected chi connectivity index (χ4v) is 4.43. The Morgan fingerprint density at radius 2 is 1.65 bits per heavy atom. The van der Waals surface area contributed by atoms with Gasteiger partial charge in [-0.2, -0.15) is 0 Å². The Kier molecular flexibility index (Phi) is 6.83. The van der Waals surface area contributed by atoms with Gasteiger partial charge in [0.2, 0.25) is 0 Å². The molecule has 0 unspecified atom stereocenters. The van der Waals surface area contributed by atoms with Crippen molar-refractivity contribution in [2.24, 2.45) is 5.92 Å². The van der Waals surface area contributed by atoms with Gasteiger partial charge in [0.05, 0.1) is 6.04 Å². The molecule has 1 N–H and O–H groups in total. The third-order valence-corrected chi connectivity index (χ3v) is 6.18. The number of hydrogen-bond donors (Lipinski definition) is 1. The molecule has 4 rings (SSSR count). The topological polar surface area (TPSA) is 32.3 Å². The molecule has 0 aromatic heterocycles. The van der Waals surface area contributed by atoms with Crippen LogP contribution in [0.15, 0.2) is 78.9 Å². The molecule has 31 heavy (non-hydrogen) atoms. The highest BCUT2D eigenvalue weighted by Gasteiger charge is 2.19. The summed E-state index contributed by atoms with van der Waals surface area (Å²) in [6.45, 7) is 7.70. The highest BCUT2D eigenvalue weighted by Crippen LogP contribution is 2.23. The molecule has 0 aliphatic carbocycles. The molecule has 1 aliphatic heterocycles. The fourth-order valence-electron chi connectivity index (χ4n) is 4.43. The van der Waals surface area contributed by atoms with Crippen molar-refractivity contribution in [2.45, 2.75) is 39.3 Å². The fraction of sp³-hybridized carbons (Fsp3) is 0.321. The molecule has 0 bridgehead atoms. The standard InChI is InChI=1S/C28H32N2O/c1-21-10-14-25(15-11-21)27(24-8-4-3-5-9-24)29-28(31)26-16-12-23(13-17-26)20-30-18-6-7-22(2)19-30/h3-5,8-17,22,27H,6-7,18-20H2,1-2H3,(H,29,31)/t22-,27-/m0/s1. The number of nitrogens with zero attached hydrogens (tertiary/aromatic N) is 1. The highest BCUT2D eigenvalue weighted by atomic mass is 16.1. The van der Waals surface area contributed by atoms with E-state index in [2.05, 4.69) is 72.6 Å². The van der Waals surface area contributed by atoms with Crippen LogP contribution in [-0.2, 0) is 6.54 Å². The van der Waals surface area contributed by atoms with E-state index in [1.807, 2.05) is 30.3 Å². The van der Waals surface area contributed by atoms with Crippen molar-refractivity contribution in [1.29, 1.82) is 0 Å². The second-order valence-electron chi connectivity index (χ2n) is 8.91. The monoisotopic (exact) mass is 412 g/mol. The Morgan fingerprint density at radius 1 is 0.968 bits per heavy atom. The third-order valence-electron chi connectivity index (χ3n) is 6.18. The zero-order valence-electron chi connectivity index (χ0n) is 18.6. The van der Waals surface area contributed by atoms with Gasteiger partial charge in [0.1, 0.15) is 0 Å². The molecular weight excluding hydrogens is 380 g/mol. The summed E-state index contributed by atoms with van der Waals surface area (Å²) in [5.41, 5.74) is 5.34. The first-order valence-electron chi connectivity index (χ1n) is 11.3. The van der Waals surface area contributed by atoms with Crippen LogP contribution in [0.3, 0.4) is 0 Å². The quantitative estimate of drug-likeness (QED) is 0.559. The molecule has 1 amide bonds. The number of carbonyl (C=O) groups is 1. The van der Waals surface area contributed by atoms with Crippen LogP contribution in [-0.4, -0.2) is 23.9 Å². The minimum Gasteiger partial charge on any atom is -0.341 e. The summed E-state index contributed by atoms with van der Waals surface area (Å²) in [6.07, 6.45) is 2.61. The van der Waals surface area contributed by atoms with Crippen molar-refractivity contribution in [3.05, 3.63) is 107 Å². The normalized spacial score (nSPS) is 17.8. The van der Waals surface area contributed by atoms with Crippen LogP contribution in [0.25, 0.3) is 0 Å². The minimum atomic E-state index is -0.177. The first-order chi connectivity index (χ1) is 15.1. The van der Waals surface area contributed by atoms with Gasteiger partial charge in [-0.25, -0.2) is 0 Å². The molecule has 160 valence electrons. The minimum absolute atomic E-state index is 0.0485. The van der Waals surface area contributed by atoms with Gasteiger partial charge in [-0.05, 0) is 61.1 Å². The number of piperidine rings is 1. The van der Waals surface area contributed by atoms with Crippen molar-refractivity contribution < 1.29 is 4.79 Å². The number of rotatable bonds is 6. The average Bonchev–Trinajstić information content (AvgIpc) is 2.79. The summed E-state index contributed by atoms with van der Waals surface area (Å²) in [6, 6.07) is 26.4. The Labute approximate surface area is 186 Å². The van der Waals surface area contributed by atoms with Gasteiger partial charge in [0, 0.05) is 18.7 Å². The lowest BCUT2D eigenvalue weighted by Gasteiger charge is -2.30. The number of carbonyl (C=O) groups excluding carboxylic acids is 1. The van der Waals surface area contributed by atoms with E-state index in [1.54, 1.807) is 0 Å². The summed E-state index contributed by atoms with van der Waals surface area (Å²) in [5, 5.41) is 3.24.